The van der Waals surface area contributed by atoms with Gasteiger partial charge in [0.15, 0.2) is 0 Å². The molecule has 1 aromatic carbocycles. The first-order valence-corrected chi connectivity index (χ1v) is 10.3. The molecule has 2 saturated heterocycles. The Labute approximate surface area is 169 Å². The van der Waals surface area contributed by atoms with E-state index in [0.29, 0.717) is 21.5 Å². The molecule has 1 amide bonds. The van der Waals surface area contributed by atoms with Crippen LogP contribution in [0.25, 0.3) is 17.4 Å². The number of halogens is 1. The van der Waals surface area contributed by atoms with Gasteiger partial charge >= 0.3 is 0 Å². The second-order valence-corrected chi connectivity index (χ2v) is 8.73. The number of benzene rings is 1. The van der Waals surface area contributed by atoms with Gasteiger partial charge in [0.1, 0.15) is 15.8 Å². The Balaban J connectivity index is 1.50. The highest BCUT2D eigenvalue weighted by Gasteiger charge is 2.34. The second kappa shape index (κ2) is 7.68. The highest BCUT2D eigenvalue weighted by atomic mass is 79.9. The molecule has 2 aliphatic heterocycles. The van der Waals surface area contributed by atoms with Crippen molar-refractivity contribution in [3.63, 3.8) is 0 Å². The van der Waals surface area contributed by atoms with Gasteiger partial charge in [-0.1, -0.05) is 52.0 Å². The highest BCUT2D eigenvalue weighted by molar-refractivity contribution is 9.10. The second-order valence-electron chi connectivity index (χ2n) is 6.14. The first-order valence-electron chi connectivity index (χ1n) is 8.33. The SMILES string of the molecule is O=C1/C(=C/c2ccc(-c3ccc(Br)cc3)o2)SC(=S)N1C[C@H]1CCCO1. The molecule has 0 bridgehead atoms. The molecule has 3 heterocycles. The molecule has 26 heavy (non-hydrogen) atoms. The van der Waals surface area contributed by atoms with E-state index in [0.717, 1.165) is 35.2 Å². The van der Waals surface area contributed by atoms with E-state index in [1.165, 1.54) is 11.8 Å². The number of amides is 1. The van der Waals surface area contributed by atoms with E-state index in [1.54, 1.807) is 11.0 Å². The normalized spacial score (nSPS) is 22.0. The van der Waals surface area contributed by atoms with Crippen molar-refractivity contribution in [2.75, 3.05) is 13.2 Å². The Morgan fingerprint density at radius 1 is 1.27 bits per heavy atom. The molecule has 0 unspecified atom stereocenters. The first kappa shape index (κ1) is 18.0. The minimum atomic E-state index is -0.0721. The third kappa shape index (κ3) is 3.81. The van der Waals surface area contributed by atoms with Crippen molar-refractivity contribution in [3.8, 4) is 11.3 Å². The Morgan fingerprint density at radius 2 is 2.08 bits per heavy atom. The lowest BCUT2D eigenvalue weighted by atomic mass is 10.2. The minimum Gasteiger partial charge on any atom is -0.457 e. The molecular formula is C19H16BrNO3S2. The smallest absolute Gasteiger partial charge is 0.266 e. The summed E-state index contributed by atoms with van der Waals surface area (Å²) < 4.78 is 13.1. The maximum Gasteiger partial charge on any atom is 0.266 e. The fourth-order valence-electron chi connectivity index (χ4n) is 2.98. The lowest BCUT2D eigenvalue weighted by Gasteiger charge is -2.18. The summed E-state index contributed by atoms with van der Waals surface area (Å²) >= 11 is 10.1. The van der Waals surface area contributed by atoms with Crippen LogP contribution in [0.1, 0.15) is 18.6 Å². The van der Waals surface area contributed by atoms with Crippen LogP contribution in [-0.4, -0.2) is 34.4 Å². The Hall–Kier alpha value is -1.41. The van der Waals surface area contributed by atoms with E-state index in [4.69, 9.17) is 21.4 Å². The average molecular weight is 450 g/mol. The predicted molar refractivity (Wildman–Crippen MR) is 111 cm³/mol. The maximum atomic E-state index is 12.7. The molecule has 0 saturated carbocycles. The van der Waals surface area contributed by atoms with Gasteiger partial charge in [0, 0.05) is 22.7 Å². The van der Waals surface area contributed by atoms with Crippen LogP contribution in [0.5, 0.6) is 0 Å². The van der Waals surface area contributed by atoms with E-state index >= 15 is 0 Å². The molecule has 0 radical (unpaired) electrons. The Morgan fingerprint density at radius 3 is 2.81 bits per heavy atom. The standard InChI is InChI=1S/C19H16BrNO3S2/c20-13-5-3-12(4-6-13)16-8-7-14(24-16)10-17-18(22)21(19(25)26-17)11-15-2-1-9-23-15/h3-8,10,15H,1-2,9,11H2/b17-10-/t15-/m1/s1. The summed E-state index contributed by atoms with van der Waals surface area (Å²) in [5.74, 6) is 1.33. The zero-order chi connectivity index (χ0) is 18.1. The van der Waals surface area contributed by atoms with Gasteiger partial charge in [-0.3, -0.25) is 9.69 Å². The van der Waals surface area contributed by atoms with Crippen molar-refractivity contribution in [2.45, 2.75) is 18.9 Å². The summed E-state index contributed by atoms with van der Waals surface area (Å²) in [5.41, 5.74) is 0.985. The van der Waals surface area contributed by atoms with Crippen LogP contribution in [0.4, 0.5) is 0 Å². The van der Waals surface area contributed by atoms with Gasteiger partial charge in [0.25, 0.3) is 5.91 Å². The number of nitrogens with zero attached hydrogens (tertiary/aromatic N) is 1. The number of thiocarbonyl (C=S) groups is 1. The number of ether oxygens (including phenoxy) is 1. The molecule has 4 rings (SSSR count). The molecule has 2 fully saturated rings. The number of hydrogen-bond donors (Lipinski definition) is 0. The first-order chi connectivity index (χ1) is 12.6. The summed E-state index contributed by atoms with van der Waals surface area (Å²) in [7, 11) is 0. The van der Waals surface area contributed by atoms with Crippen molar-refractivity contribution >= 4 is 56.2 Å². The minimum absolute atomic E-state index is 0.0721. The molecule has 7 heteroatoms. The summed E-state index contributed by atoms with van der Waals surface area (Å²) in [6.07, 6.45) is 3.87. The van der Waals surface area contributed by atoms with Gasteiger partial charge in [0.2, 0.25) is 0 Å². The number of thioether (sulfide) groups is 1. The number of carbonyl (C=O) groups is 1. The van der Waals surface area contributed by atoms with Crippen molar-refractivity contribution in [1.29, 1.82) is 0 Å². The number of carbonyl (C=O) groups excluding carboxylic acids is 1. The van der Waals surface area contributed by atoms with Crippen LogP contribution in [0.2, 0.25) is 0 Å². The summed E-state index contributed by atoms with van der Waals surface area (Å²) in [5, 5.41) is 0. The van der Waals surface area contributed by atoms with Gasteiger partial charge < -0.3 is 9.15 Å². The fourth-order valence-corrected chi connectivity index (χ4v) is 4.50. The van der Waals surface area contributed by atoms with E-state index in [-0.39, 0.29) is 12.0 Å². The van der Waals surface area contributed by atoms with Crippen molar-refractivity contribution < 1.29 is 13.9 Å². The zero-order valence-corrected chi connectivity index (χ0v) is 17.0. The van der Waals surface area contributed by atoms with Gasteiger partial charge in [-0.2, -0.15) is 0 Å². The third-order valence-corrected chi connectivity index (χ3v) is 6.22. The van der Waals surface area contributed by atoms with Gasteiger partial charge in [-0.25, -0.2) is 0 Å². The van der Waals surface area contributed by atoms with E-state index in [2.05, 4.69) is 15.9 Å². The van der Waals surface area contributed by atoms with Crippen LogP contribution >= 0.6 is 39.9 Å². The van der Waals surface area contributed by atoms with E-state index in [9.17, 15) is 4.79 Å². The van der Waals surface area contributed by atoms with Crippen molar-refractivity contribution in [3.05, 3.63) is 51.5 Å². The molecule has 1 aromatic heterocycles. The molecule has 0 spiro atoms. The molecule has 134 valence electrons. The van der Waals surface area contributed by atoms with Gasteiger partial charge in [-0.15, -0.1) is 0 Å². The highest BCUT2D eigenvalue weighted by Crippen LogP contribution is 2.34. The van der Waals surface area contributed by atoms with Crippen LogP contribution < -0.4 is 0 Å². The molecule has 1 atom stereocenters. The summed E-state index contributed by atoms with van der Waals surface area (Å²) in [6, 6.07) is 11.7. The zero-order valence-electron chi connectivity index (χ0n) is 13.8. The lowest BCUT2D eigenvalue weighted by Crippen LogP contribution is -2.35. The van der Waals surface area contributed by atoms with Crippen molar-refractivity contribution in [2.24, 2.45) is 0 Å². The number of hydrogen-bond acceptors (Lipinski definition) is 5. The van der Waals surface area contributed by atoms with Gasteiger partial charge in [0.05, 0.1) is 17.6 Å². The van der Waals surface area contributed by atoms with Gasteiger partial charge in [-0.05, 0) is 37.1 Å². The van der Waals surface area contributed by atoms with Crippen LogP contribution in [-0.2, 0) is 9.53 Å². The quantitative estimate of drug-likeness (QED) is 0.480. The van der Waals surface area contributed by atoms with Crippen LogP contribution in [0, 0.1) is 0 Å². The third-order valence-electron chi connectivity index (χ3n) is 4.31. The summed E-state index contributed by atoms with van der Waals surface area (Å²) in [6.45, 7) is 1.30. The molecule has 2 aromatic rings. The van der Waals surface area contributed by atoms with E-state index < -0.39 is 0 Å². The Bertz CT molecular complexity index is 869. The topological polar surface area (TPSA) is 42.7 Å². The molecule has 4 nitrogen and oxygen atoms in total. The number of rotatable bonds is 4. The van der Waals surface area contributed by atoms with Crippen LogP contribution in [0.3, 0.4) is 0 Å². The predicted octanol–water partition coefficient (Wildman–Crippen LogP) is 5.09. The van der Waals surface area contributed by atoms with Crippen molar-refractivity contribution in [1.82, 2.24) is 4.90 Å². The molecule has 0 aliphatic carbocycles. The largest absolute Gasteiger partial charge is 0.457 e. The average Bonchev–Trinajstić information content (AvgIpc) is 3.35. The molecule has 2 aliphatic rings. The lowest BCUT2D eigenvalue weighted by molar-refractivity contribution is -0.123. The maximum absolute atomic E-state index is 12.7. The molecule has 0 N–H and O–H groups in total. The van der Waals surface area contributed by atoms with Crippen LogP contribution in [0.15, 0.2) is 50.2 Å². The Kier molecular flexibility index (Phi) is 5.31. The fraction of sp³-hybridized carbons (Fsp3) is 0.263. The summed E-state index contributed by atoms with van der Waals surface area (Å²) in [4.78, 5) is 14.9. The monoisotopic (exact) mass is 449 g/mol. The molecular weight excluding hydrogens is 434 g/mol. The number of furan rings is 1. The van der Waals surface area contributed by atoms with E-state index in [1.807, 2.05) is 36.4 Å².